The number of hydrogen-bond acceptors (Lipinski definition) is 2. The molecule has 0 radical (unpaired) electrons. The van der Waals surface area contributed by atoms with Gasteiger partial charge in [0.2, 0.25) is 0 Å². The Kier molecular flexibility index (Phi) is 5.23. The summed E-state index contributed by atoms with van der Waals surface area (Å²) in [7, 11) is 2.00. The van der Waals surface area contributed by atoms with E-state index in [4.69, 9.17) is 0 Å². The van der Waals surface area contributed by atoms with E-state index < -0.39 is 0 Å². The fraction of sp³-hybridized carbons (Fsp3) is 0.583. The Balaban J connectivity index is 2.46. The first-order valence-corrected chi connectivity index (χ1v) is 5.44. The molecular formula is C12H20N2. The van der Waals surface area contributed by atoms with E-state index in [9.17, 15) is 0 Å². The highest BCUT2D eigenvalue weighted by molar-refractivity contribution is 5.08. The number of nitrogens with one attached hydrogen (secondary N) is 1. The van der Waals surface area contributed by atoms with Gasteiger partial charge in [-0.3, -0.25) is 4.98 Å². The minimum absolute atomic E-state index is 0.629. The molecule has 0 aliphatic heterocycles. The van der Waals surface area contributed by atoms with Crippen LogP contribution >= 0.6 is 0 Å². The molecule has 1 N–H and O–H groups in total. The third-order valence-corrected chi connectivity index (χ3v) is 2.58. The summed E-state index contributed by atoms with van der Waals surface area (Å²) in [5.74, 6) is 0.629. The lowest BCUT2D eigenvalue weighted by Gasteiger charge is -2.13. The standard InChI is InChI=1S/C12H20N2/c1-3-11(7-6-9-13-2)12-8-4-5-10-14-12/h4-5,8,10-11,13H,3,6-7,9H2,1-2H3. The number of aromatic nitrogens is 1. The summed E-state index contributed by atoms with van der Waals surface area (Å²) >= 11 is 0. The zero-order chi connectivity index (χ0) is 10.2. The van der Waals surface area contributed by atoms with Gasteiger partial charge in [0, 0.05) is 17.8 Å². The minimum Gasteiger partial charge on any atom is -0.320 e. The lowest BCUT2D eigenvalue weighted by molar-refractivity contribution is 0.550. The van der Waals surface area contributed by atoms with Gasteiger partial charge in [0.05, 0.1) is 0 Å². The van der Waals surface area contributed by atoms with Gasteiger partial charge in [0.25, 0.3) is 0 Å². The van der Waals surface area contributed by atoms with Gasteiger partial charge in [-0.15, -0.1) is 0 Å². The highest BCUT2D eigenvalue weighted by Gasteiger charge is 2.08. The molecule has 1 atom stereocenters. The van der Waals surface area contributed by atoms with Crippen molar-refractivity contribution >= 4 is 0 Å². The van der Waals surface area contributed by atoms with Gasteiger partial charge in [-0.2, -0.15) is 0 Å². The van der Waals surface area contributed by atoms with Gasteiger partial charge >= 0.3 is 0 Å². The molecule has 0 amide bonds. The maximum absolute atomic E-state index is 4.41. The van der Waals surface area contributed by atoms with Crippen LogP contribution in [-0.2, 0) is 0 Å². The molecule has 0 aliphatic carbocycles. The van der Waals surface area contributed by atoms with Gasteiger partial charge in [-0.05, 0) is 45.0 Å². The van der Waals surface area contributed by atoms with Crippen molar-refractivity contribution in [3.8, 4) is 0 Å². The van der Waals surface area contributed by atoms with Crippen LogP contribution in [0.5, 0.6) is 0 Å². The molecule has 1 heterocycles. The highest BCUT2D eigenvalue weighted by atomic mass is 14.8. The number of rotatable bonds is 6. The molecular weight excluding hydrogens is 172 g/mol. The van der Waals surface area contributed by atoms with Gasteiger partial charge in [0.15, 0.2) is 0 Å². The predicted octanol–water partition coefficient (Wildman–Crippen LogP) is 2.57. The fourth-order valence-electron chi connectivity index (χ4n) is 1.70. The molecule has 0 bridgehead atoms. The molecule has 0 spiro atoms. The van der Waals surface area contributed by atoms with Crippen LogP contribution in [-0.4, -0.2) is 18.6 Å². The molecule has 2 nitrogen and oxygen atoms in total. The summed E-state index contributed by atoms with van der Waals surface area (Å²) in [6, 6.07) is 6.18. The summed E-state index contributed by atoms with van der Waals surface area (Å²) in [4.78, 5) is 4.41. The van der Waals surface area contributed by atoms with Gasteiger partial charge in [-0.1, -0.05) is 13.0 Å². The van der Waals surface area contributed by atoms with E-state index in [1.54, 1.807) is 0 Å². The van der Waals surface area contributed by atoms with Crippen molar-refractivity contribution < 1.29 is 0 Å². The average molecular weight is 192 g/mol. The number of hydrogen-bond donors (Lipinski definition) is 1. The van der Waals surface area contributed by atoms with E-state index in [1.165, 1.54) is 25.0 Å². The van der Waals surface area contributed by atoms with Crippen molar-refractivity contribution in [1.29, 1.82) is 0 Å². The first-order chi connectivity index (χ1) is 6.88. The lowest BCUT2D eigenvalue weighted by atomic mass is 9.96. The Bertz CT molecular complexity index is 233. The maximum atomic E-state index is 4.41. The Morgan fingerprint density at radius 1 is 1.43 bits per heavy atom. The van der Waals surface area contributed by atoms with Gasteiger partial charge in [-0.25, -0.2) is 0 Å². The Labute approximate surface area is 86.8 Å². The van der Waals surface area contributed by atoms with Crippen LogP contribution in [0.1, 0.15) is 37.8 Å². The molecule has 0 fully saturated rings. The third kappa shape index (κ3) is 3.46. The SMILES string of the molecule is CCC(CCCNC)c1ccccn1. The molecule has 1 aromatic rings. The lowest BCUT2D eigenvalue weighted by Crippen LogP contribution is -2.09. The molecule has 0 aliphatic rings. The summed E-state index contributed by atoms with van der Waals surface area (Å²) < 4.78 is 0. The van der Waals surface area contributed by atoms with Crippen molar-refractivity contribution in [2.75, 3.05) is 13.6 Å². The molecule has 0 saturated carbocycles. The summed E-state index contributed by atoms with van der Waals surface area (Å²) in [6.07, 6.45) is 5.52. The summed E-state index contributed by atoms with van der Waals surface area (Å²) in [6.45, 7) is 3.34. The van der Waals surface area contributed by atoms with Gasteiger partial charge in [0.1, 0.15) is 0 Å². The van der Waals surface area contributed by atoms with Crippen molar-refractivity contribution in [3.05, 3.63) is 30.1 Å². The molecule has 0 aromatic carbocycles. The van der Waals surface area contributed by atoms with E-state index >= 15 is 0 Å². The molecule has 78 valence electrons. The second-order valence-corrected chi connectivity index (χ2v) is 3.61. The monoisotopic (exact) mass is 192 g/mol. The minimum atomic E-state index is 0.629. The Morgan fingerprint density at radius 3 is 2.86 bits per heavy atom. The third-order valence-electron chi connectivity index (χ3n) is 2.58. The van der Waals surface area contributed by atoms with Crippen LogP contribution in [0.3, 0.4) is 0 Å². The number of nitrogens with zero attached hydrogens (tertiary/aromatic N) is 1. The molecule has 1 unspecified atom stereocenters. The average Bonchev–Trinajstić information content (AvgIpc) is 2.26. The normalized spacial score (nSPS) is 12.7. The highest BCUT2D eigenvalue weighted by Crippen LogP contribution is 2.21. The molecule has 1 aromatic heterocycles. The topological polar surface area (TPSA) is 24.9 Å². The van der Waals surface area contributed by atoms with Crippen LogP contribution < -0.4 is 5.32 Å². The van der Waals surface area contributed by atoms with Crippen LogP contribution in [0.15, 0.2) is 24.4 Å². The zero-order valence-electron chi connectivity index (χ0n) is 9.16. The van der Waals surface area contributed by atoms with Crippen LogP contribution in [0, 0.1) is 0 Å². The van der Waals surface area contributed by atoms with E-state index in [0.717, 1.165) is 6.54 Å². The van der Waals surface area contributed by atoms with Crippen LogP contribution in [0.4, 0.5) is 0 Å². The molecule has 0 saturated heterocycles. The van der Waals surface area contributed by atoms with E-state index in [2.05, 4.69) is 29.4 Å². The van der Waals surface area contributed by atoms with E-state index in [0.29, 0.717) is 5.92 Å². The Hall–Kier alpha value is -0.890. The van der Waals surface area contributed by atoms with E-state index in [1.807, 2.05) is 19.3 Å². The summed E-state index contributed by atoms with van der Waals surface area (Å²) in [5, 5.41) is 3.18. The maximum Gasteiger partial charge on any atom is 0.0434 e. The van der Waals surface area contributed by atoms with Crippen molar-refractivity contribution in [2.24, 2.45) is 0 Å². The Morgan fingerprint density at radius 2 is 2.29 bits per heavy atom. The van der Waals surface area contributed by atoms with Gasteiger partial charge < -0.3 is 5.32 Å². The zero-order valence-corrected chi connectivity index (χ0v) is 9.16. The molecule has 1 rings (SSSR count). The van der Waals surface area contributed by atoms with E-state index in [-0.39, 0.29) is 0 Å². The summed E-state index contributed by atoms with van der Waals surface area (Å²) in [5.41, 5.74) is 1.24. The smallest absolute Gasteiger partial charge is 0.0434 e. The predicted molar refractivity (Wildman–Crippen MR) is 60.4 cm³/mol. The largest absolute Gasteiger partial charge is 0.320 e. The van der Waals surface area contributed by atoms with Crippen LogP contribution in [0.25, 0.3) is 0 Å². The van der Waals surface area contributed by atoms with Crippen molar-refractivity contribution in [3.63, 3.8) is 0 Å². The number of pyridine rings is 1. The first kappa shape index (κ1) is 11.2. The second kappa shape index (κ2) is 6.55. The fourth-order valence-corrected chi connectivity index (χ4v) is 1.70. The first-order valence-electron chi connectivity index (χ1n) is 5.44. The quantitative estimate of drug-likeness (QED) is 0.701. The second-order valence-electron chi connectivity index (χ2n) is 3.61. The van der Waals surface area contributed by atoms with Crippen LogP contribution in [0.2, 0.25) is 0 Å². The molecule has 2 heteroatoms. The van der Waals surface area contributed by atoms with Crippen molar-refractivity contribution in [1.82, 2.24) is 10.3 Å². The van der Waals surface area contributed by atoms with Crippen molar-refractivity contribution in [2.45, 2.75) is 32.1 Å². The molecule has 14 heavy (non-hydrogen) atoms.